The second-order valence-corrected chi connectivity index (χ2v) is 5.49. The highest BCUT2D eigenvalue weighted by molar-refractivity contribution is 5.83. The number of carbonyl (C=O) groups excluding carboxylic acids is 1. The first-order chi connectivity index (χ1) is 8.75. The first-order valence-corrected chi connectivity index (χ1v) is 6.28. The van der Waals surface area contributed by atoms with Crippen molar-refractivity contribution in [2.24, 2.45) is 0 Å². The number of nitrogens with one attached hydrogen (secondary N) is 1. The minimum atomic E-state index is -1.04. The number of nitrogens with zero attached hydrogens (tertiary/aromatic N) is 2. The van der Waals surface area contributed by atoms with E-state index in [1.54, 1.807) is 0 Å². The molecule has 19 heavy (non-hydrogen) atoms. The molecule has 0 aromatic rings. The van der Waals surface area contributed by atoms with E-state index in [2.05, 4.69) is 5.32 Å². The molecule has 1 aliphatic rings. The van der Waals surface area contributed by atoms with Crippen LogP contribution in [0.15, 0.2) is 0 Å². The van der Waals surface area contributed by atoms with E-state index in [1.807, 2.05) is 32.8 Å². The van der Waals surface area contributed by atoms with Crippen molar-refractivity contribution < 1.29 is 19.4 Å². The average molecular weight is 273 g/mol. The maximum absolute atomic E-state index is 12.1. The molecule has 110 valence electrons. The first kappa shape index (κ1) is 15.7. The number of ether oxygens (including phenoxy) is 1. The average Bonchev–Trinajstić information content (AvgIpc) is 2.35. The van der Waals surface area contributed by atoms with Crippen LogP contribution in [0.1, 0.15) is 13.8 Å². The smallest absolute Gasteiger partial charge is 0.328 e. The number of carbonyl (C=O) groups is 2. The van der Waals surface area contributed by atoms with Gasteiger partial charge in [0, 0.05) is 18.6 Å². The lowest BCUT2D eigenvalue weighted by atomic mass is 10.0. The topological polar surface area (TPSA) is 82.1 Å². The standard InChI is InChI=1S/C12H23N3O4/c1-12(2,14(3)4)8-13-11(18)15-5-6-19-7-9(15)10(16)17/h9H,5-8H2,1-4H3,(H,13,18)(H,16,17). The molecule has 1 heterocycles. The van der Waals surface area contributed by atoms with Gasteiger partial charge in [-0.2, -0.15) is 0 Å². The largest absolute Gasteiger partial charge is 0.480 e. The summed E-state index contributed by atoms with van der Waals surface area (Å²) in [6.45, 7) is 5.16. The molecule has 0 bridgehead atoms. The van der Waals surface area contributed by atoms with Gasteiger partial charge in [0.1, 0.15) is 0 Å². The number of carboxylic acids is 1. The molecule has 0 aromatic carbocycles. The van der Waals surface area contributed by atoms with Crippen LogP contribution in [0.2, 0.25) is 0 Å². The van der Waals surface area contributed by atoms with E-state index in [-0.39, 0.29) is 18.2 Å². The maximum Gasteiger partial charge on any atom is 0.328 e. The molecular weight excluding hydrogens is 250 g/mol. The molecule has 1 saturated heterocycles. The summed E-state index contributed by atoms with van der Waals surface area (Å²) in [5.41, 5.74) is -0.194. The van der Waals surface area contributed by atoms with E-state index in [4.69, 9.17) is 9.84 Å². The number of urea groups is 1. The zero-order chi connectivity index (χ0) is 14.6. The summed E-state index contributed by atoms with van der Waals surface area (Å²) < 4.78 is 5.10. The molecule has 0 saturated carbocycles. The Morgan fingerprint density at radius 1 is 1.47 bits per heavy atom. The predicted octanol–water partition coefficient (Wildman–Crippen LogP) is -0.178. The molecule has 7 nitrogen and oxygen atoms in total. The molecule has 1 fully saturated rings. The van der Waals surface area contributed by atoms with E-state index in [1.165, 1.54) is 4.90 Å². The van der Waals surface area contributed by atoms with Gasteiger partial charge in [-0.25, -0.2) is 9.59 Å². The number of hydrogen-bond acceptors (Lipinski definition) is 4. The number of amides is 2. The van der Waals surface area contributed by atoms with E-state index >= 15 is 0 Å². The Hall–Kier alpha value is -1.34. The molecular formula is C12H23N3O4. The van der Waals surface area contributed by atoms with Crippen LogP contribution in [0.5, 0.6) is 0 Å². The van der Waals surface area contributed by atoms with Crippen molar-refractivity contribution in [2.45, 2.75) is 25.4 Å². The van der Waals surface area contributed by atoms with Crippen molar-refractivity contribution >= 4 is 12.0 Å². The Bertz CT molecular complexity index is 344. The molecule has 2 N–H and O–H groups in total. The highest BCUT2D eigenvalue weighted by atomic mass is 16.5. The van der Waals surface area contributed by atoms with Gasteiger partial charge in [0.15, 0.2) is 6.04 Å². The van der Waals surface area contributed by atoms with Crippen LogP contribution in [0.4, 0.5) is 4.79 Å². The second-order valence-electron chi connectivity index (χ2n) is 5.49. The van der Waals surface area contributed by atoms with Gasteiger partial charge in [-0.05, 0) is 27.9 Å². The van der Waals surface area contributed by atoms with Gasteiger partial charge in [-0.15, -0.1) is 0 Å². The lowest BCUT2D eigenvalue weighted by Gasteiger charge is -2.36. The lowest BCUT2D eigenvalue weighted by molar-refractivity contribution is -0.147. The van der Waals surface area contributed by atoms with E-state index in [0.717, 1.165) is 0 Å². The van der Waals surface area contributed by atoms with Crippen LogP contribution in [0, 0.1) is 0 Å². The molecule has 0 spiro atoms. The number of hydrogen-bond donors (Lipinski definition) is 2. The normalized spacial score (nSPS) is 20.5. The summed E-state index contributed by atoms with van der Waals surface area (Å²) >= 11 is 0. The van der Waals surface area contributed by atoms with Crippen molar-refractivity contribution in [3.63, 3.8) is 0 Å². The molecule has 2 amide bonds. The minimum Gasteiger partial charge on any atom is -0.480 e. The Labute approximate surface area is 113 Å². The molecule has 1 atom stereocenters. The number of likely N-dealkylation sites (N-methyl/N-ethyl adjacent to an activating group) is 1. The molecule has 0 radical (unpaired) electrons. The van der Waals surface area contributed by atoms with Crippen molar-refractivity contribution in [3.05, 3.63) is 0 Å². The van der Waals surface area contributed by atoms with Crippen molar-refractivity contribution in [2.75, 3.05) is 40.4 Å². The quantitative estimate of drug-likeness (QED) is 0.742. The van der Waals surface area contributed by atoms with E-state index in [9.17, 15) is 9.59 Å². The highest BCUT2D eigenvalue weighted by Gasteiger charge is 2.33. The number of rotatable bonds is 4. The maximum atomic E-state index is 12.1. The third-order valence-corrected chi connectivity index (χ3v) is 3.56. The summed E-state index contributed by atoms with van der Waals surface area (Å²) in [6, 6.07) is -1.26. The van der Waals surface area contributed by atoms with Gasteiger partial charge in [0.25, 0.3) is 0 Å². The van der Waals surface area contributed by atoms with Gasteiger partial charge in [0.05, 0.1) is 13.2 Å². The zero-order valence-electron chi connectivity index (χ0n) is 12.0. The third-order valence-electron chi connectivity index (χ3n) is 3.56. The predicted molar refractivity (Wildman–Crippen MR) is 70.1 cm³/mol. The molecule has 1 aliphatic heterocycles. The van der Waals surface area contributed by atoms with Crippen LogP contribution in [-0.4, -0.2) is 78.9 Å². The molecule has 0 aliphatic carbocycles. The molecule has 1 rings (SSSR count). The first-order valence-electron chi connectivity index (χ1n) is 6.28. The van der Waals surface area contributed by atoms with Gasteiger partial charge in [-0.1, -0.05) is 0 Å². The Morgan fingerprint density at radius 2 is 2.11 bits per heavy atom. The van der Waals surface area contributed by atoms with Crippen LogP contribution in [-0.2, 0) is 9.53 Å². The monoisotopic (exact) mass is 273 g/mol. The summed E-state index contributed by atoms with van der Waals surface area (Å²) in [5.74, 6) is -1.04. The van der Waals surface area contributed by atoms with Crippen molar-refractivity contribution in [1.82, 2.24) is 15.1 Å². The number of carboxylic acid groups (broad SMARTS) is 1. The fourth-order valence-electron chi connectivity index (χ4n) is 1.60. The third kappa shape index (κ3) is 4.07. The van der Waals surface area contributed by atoms with E-state index < -0.39 is 12.0 Å². The summed E-state index contributed by atoms with van der Waals surface area (Å²) in [7, 11) is 3.86. The van der Waals surface area contributed by atoms with Crippen LogP contribution >= 0.6 is 0 Å². The fraction of sp³-hybridized carbons (Fsp3) is 0.833. The Balaban J connectivity index is 2.59. The molecule has 7 heteroatoms. The Kier molecular flexibility index (Phi) is 5.13. The molecule has 0 aromatic heterocycles. The fourth-order valence-corrected chi connectivity index (χ4v) is 1.60. The summed E-state index contributed by atoms with van der Waals surface area (Å²) in [4.78, 5) is 26.4. The molecule has 1 unspecified atom stereocenters. The Morgan fingerprint density at radius 3 is 2.63 bits per heavy atom. The van der Waals surface area contributed by atoms with Gasteiger partial charge in [-0.3, -0.25) is 0 Å². The van der Waals surface area contributed by atoms with Crippen molar-refractivity contribution in [3.8, 4) is 0 Å². The number of morpholine rings is 1. The van der Waals surface area contributed by atoms with Gasteiger partial charge in [0.2, 0.25) is 0 Å². The van der Waals surface area contributed by atoms with Gasteiger partial charge >= 0.3 is 12.0 Å². The van der Waals surface area contributed by atoms with Crippen molar-refractivity contribution in [1.29, 1.82) is 0 Å². The van der Waals surface area contributed by atoms with Crippen LogP contribution in [0.3, 0.4) is 0 Å². The minimum absolute atomic E-state index is 0.0415. The SMILES string of the molecule is CN(C)C(C)(C)CNC(=O)N1CCOCC1C(=O)O. The summed E-state index contributed by atoms with van der Waals surface area (Å²) in [5, 5.41) is 11.8. The zero-order valence-corrected chi connectivity index (χ0v) is 12.0. The summed E-state index contributed by atoms with van der Waals surface area (Å²) in [6.07, 6.45) is 0. The van der Waals surface area contributed by atoms with Crippen LogP contribution < -0.4 is 5.32 Å². The lowest BCUT2D eigenvalue weighted by Crippen LogP contribution is -2.58. The van der Waals surface area contributed by atoms with Gasteiger partial charge < -0.3 is 25.0 Å². The van der Waals surface area contributed by atoms with E-state index in [0.29, 0.717) is 19.7 Å². The highest BCUT2D eigenvalue weighted by Crippen LogP contribution is 2.10. The number of aliphatic carboxylic acids is 1. The van der Waals surface area contributed by atoms with Crippen LogP contribution in [0.25, 0.3) is 0 Å². The second kappa shape index (κ2) is 6.21.